The Hall–Kier alpha value is -0.980. The van der Waals surface area contributed by atoms with Crippen LogP contribution in [0.4, 0.5) is 4.39 Å². The molecule has 1 saturated heterocycles. The second-order valence-electron chi connectivity index (χ2n) is 4.47. The highest BCUT2D eigenvalue weighted by molar-refractivity contribution is 7.91. The highest BCUT2D eigenvalue weighted by Crippen LogP contribution is 2.18. The van der Waals surface area contributed by atoms with Gasteiger partial charge in [0.05, 0.1) is 18.5 Å². The highest BCUT2D eigenvalue weighted by Gasteiger charge is 2.27. The van der Waals surface area contributed by atoms with Crippen LogP contribution in [0.2, 0.25) is 0 Å². The molecule has 0 radical (unpaired) electrons. The highest BCUT2D eigenvalue weighted by atomic mass is 32.2. The first kappa shape index (κ1) is 13.5. The summed E-state index contributed by atoms with van der Waals surface area (Å²) in [5.41, 5.74) is 0. The molecule has 100 valence electrons. The maximum absolute atomic E-state index is 13.5. The Morgan fingerprint density at radius 1 is 1.44 bits per heavy atom. The third kappa shape index (κ3) is 3.07. The van der Waals surface area contributed by atoms with Crippen molar-refractivity contribution in [2.75, 3.05) is 32.5 Å². The molecular weight excluding hydrogens is 257 g/mol. The average molecular weight is 273 g/mol. The fraction of sp³-hybridized carbons (Fsp3) is 0.500. The monoisotopic (exact) mass is 273 g/mol. The Bertz CT molecular complexity index is 518. The second-order valence-corrected chi connectivity index (χ2v) is 6.47. The lowest BCUT2D eigenvalue weighted by Gasteiger charge is -2.29. The Labute approximate surface area is 106 Å². The van der Waals surface area contributed by atoms with Crippen molar-refractivity contribution in [2.24, 2.45) is 0 Å². The fourth-order valence-corrected chi connectivity index (χ4v) is 3.52. The van der Waals surface area contributed by atoms with Crippen LogP contribution in [0.1, 0.15) is 0 Å². The summed E-state index contributed by atoms with van der Waals surface area (Å²) in [6.07, 6.45) is -0.395. The van der Waals surface area contributed by atoms with Gasteiger partial charge in [0.2, 0.25) is 0 Å². The van der Waals surface area contributed by atoms with E-state index in [1.165, 1.54) is 18.2 Å². The van der Waals surface area contributed by atoms with Gasteiger partial charge in [-0.05, 0) is 19.2 Å². The molecule has 0 aromatic heterocycles. The van der Waals surface area contributed by atoms with Crippen LogP contribution in [-0.2, 0) is 14.6 Å². The normalized spacial score (nSPS) is 22.0. The largest absolute Gasteiger partial charge is 0.374 e. The zero-order chi connectivity index (χ0) is 13.2. The molecule has 0 amide bonds. The number of hydrogen-bond acceptors (Lipinski definition) is 4. The van der Waals surface area contributed by atoms with E-state index in [1.54, 1.807) is 0 Å². The number of benzene rings is 1. The van der Waals surface area contributed by atoms with Gasteiger partial charge in [-0.1, -0.05) is 12.1 Å². The number of likely N-dealkylation sites (N-methyl/N-ethyl adjacent to an activating group) is 1. The molecule has 0 aliphatic carbocycles. The van der Waals surface area contributed by atoms with E-state index in [4.69, 9.17) is 4.74 Å². The minimum absolute atomic E-state index is 0.182. The van der Waals surface area contributed by atoms with Crippen LogP contribution >= 0.6 is 0 Å². The molecule has 1 aromatic carbocycles. The van der Waals surface area contributed by atoms with Crippen molar-refractivity contribution in [3.8, 4) is 0 Å². The van der Waals surface area contributed by atoms with Gasteiger partial charge in [0.15, 0.2) is 9.84 Å². The maximum atomic E-state index is 13.5. The Kier molecular flexibility index (Phi) is 3.99. The minimum Gasteiger partial charge on any atom is -0.374 e. The summed E-state index contributed by atoms with van der Waals surface area (Å²) in [6, 6.07) is 5.43. The molecule has 0 saturated carbocycles. The summed E-state index contributed by atoms with van der Waals surface area (Å²) >= 11 is 0. The molecule has 1 heterocycles. The van der Waals surface area contributed by atoms with E-state index < -0.39 is 21.8 Å². The average Bonchev–Trinajstić information content (AvgIpc) is 2.28. The Morgan fingerprint density at radius 3 is 2.83 bits per heavy atom. The number of halogens is 1. The van der Waals surface area contributed by atoms with E-state index in [-0.39, 0.29) is 10.6 Å². The van der Waals surface area contributed by atoms with Crippen molar-refractivity contribution in [1.29, 1.82) is 0 Å². The number of hydrogen-bond donors (Lipinski definition) is 0. The summed E-state index contributed by atoms with van der Waals surface area (Å²) < 4.78 is 43.1. The Morgan fingerprint density at radius 2 is 2.17 bits per heavy atom. The quantitative estimate of drug-likeness (QED) is 0.822. The molecule has 1 aromatic rings. The number of nitrogens with zero attached hydrogens (tertiary/aromatic N) is 1. The number of sulfone groups is 1. The molecular formula is C12H16FNO3S. The van der Waals surface area contributed by atoms with Crippen molar-refractivity contribution >= 4 is 9.84 Å². The van der Waals surface area contributed by atoms with Crippen LogP contribution in [0, 0.1) is 5.82 Å². The molecule has 1 fully saturated rings. The lowest BCUT2D eigenvalue weighted by molar-refractivity contribution is -0.00681. The van der Waals surface area contributed by atoms with E-state index in [0.717, 1.165) is 12.6 Å². The van der Waals surface area contributed by atoms with Crippen molar-refractivity contribution in [1.82, 2.24) is 4.90 Å². The summed E-state index contributed by atoms with van der Waals surface area (Å²) in [5, 5.41) is 0. The zero-order valence-electron chi connectivity index (χ0n) is 10.2. The molecule has 0 N–H and O–H groups in total. The lowest BCUT2D eigenvalue weighted by Crippen LogP contribution is -2.43. The predicted molar refractivity (Wildman–Crippen MR) is 65.7 cm³/mol. The van der Waals surface area contributed by atoms with E-state index in [0.29, 0.717) is 13.2 Å². The van der Waals surface area contributed by atoms with Crippen molar-refractivity contribution in [3.05, 3.63) is 30.1 Å². The van der Waals surface area contributed by atoms with E-state index in [2.05, 4.69) is 0 Å². The molecule has 1 unspecified atom stereocenters. The van der Waals surface area contributed by atoms with Gasteiger partial charge in [-0.25, -0.2) is 12.8 Å². The molecule has 0 spiro atoms. The minimum atomic E-state index is -3.64. The third-order valence-electron chi connectivity index (χ3n) is 2.92. The molecule has 1 aliphatic heterocycles. The van der Waals surface area contributed by atoms with Gasteiger partial charge in [0.1, 0.15) is 10.7 Å². The number of morpholine rings is 1. The molecule has 6 heteroatoms. The molecule has 1 aliphatic rings. The van der Waals surface area contributed by atoms with Gasteiger partial charge in [0.25, 0.3) is 0 Å². The van der Waals surface area contributed by atoms with Gasteiger partial charge in [-0.3, -0.25) is 0 Å². The van der Waals surface area contributed by atoms with Crippen molar-refractivity contribution in [3.63, 3.8) is 0 Å². The first-order valence-electron chi connectivity index (χ1n) is 5.76. The van der Waals surface area contributed by atoms with Gasteiger partial charge in [-0.15, -0.1) is 0 Å². The summed E-state index contributed by atoms with van der Waals surface area (Å²) in [6.45, 7) is 1.85. The van der Waals surface area contributed by atoms with Crippen LogP contribution in [0.25, 0.3) is 0 Å². The number of rotatable bonds is 3. The van der Waals surface area contributed by atoms with Crippen molar-refractivity contribution < 1.29 is 17.5 Å². The van der Waals surface area contributed by atoms with Crippen LogP contribution in [0.15, 0.2) is 29.2 Å². The Balaban J connectivity index is 2.15. The molecule has 18 heavy (non-hydrogen) atoms. The second kappa shape index (κ2) is 5.34. The van der Waals surface area contributed by atoms with E-state index >= 15 is 0 Å². The summed E-state index contributed by atoms with van der Waals surface area (Å²) in [4.78, 5) is 1.76. The molecule has 4 nitrogen and oxygen atoms in total. The first-order valence-corrected chi connectivity index (χ1v) is 7.42. The van der Waals surface area contributed by atoms with Crippen LogP contribution in [-0.4, -0.2) is 51.9 Å². The topological polar surface area (TPSA) is 46.6 Å². The van der Waals surface area contributed by atoms with Crippen molar-refractivity contribution in [2.45, 2.75) is 11.0 Å². The lowest BCUT2D eigenvalue weighted by atomic mass is 10.3. The van der Waals surface area contributed by atoms with Gasteiger partial charge < -0.3 is 9.64 Å². The van der Waals surface area contributed by atoms with Crippen LogP contribution in [0.3, 0.4) is 0 Å². The molecule has 2 rings (SSSR count). The van der Waals surface area contributed by atoms with Crippen LogP contribution < -0.4 is 0 Å². The zero-order valence-corrected chi connectivity index (χ0v) is 11.0. The van der Waals surface area contributed by atoms with Crippen LogP contribution in [0.5, 0.6) is 0 Å². The third-order valence-corrected chi connectivity index (χ3v) is 4.73. The standard InChI is InChI=1S/C12H16FNO3S/c1-14-6-7-17-10(8-14)9-18(15,16)12-5-3-2-4-11(12)13/h2-5,10H,6-9H2,1H3. The maximum Gasteiger partial charge on any atom is 0.183 e. The van der Waals surface area contributed by atoms with Gasteiger partial charge in [0, 0.05) is 13.1 Å². The predicted octanol–water partition coefficient (Wildman–Crippen LogP) is 0.930. The van der Waals surface area contributed by atoms with E-state index in [1.807, 2.05) is 11.9 Å². The van der Waals surface area contributed by atoms with Gasteiger partial charge in [-0.2, -0.15) is 0 Å². The fourth-order valence-electron chi connectivity index (χ4n) is 2.00. The smallest absolute Gasteiger partial charge is 0.183 e. The number of ether oxygens (including phenoxy) is 1. The molecule has 0 bridgehead atoms. The summed E-state index contributed by atoms with van der Waals surface area (Å²) in [5.74, 6) is -0.889. The van der Waals surface area contributed by atoms with E-state index in [9.17, 15) is 12.8 Å². The first-order chi connectivity index (χ1) is 8.49. The van der Waals surface area contributed by atoms with Gasteiger partial charge >= 0.3 is 0 Å². The molecule has 1 atom stereocenters. The summed E-state index contributed by atoms with van der Waals surface area (Å²) in [7, 11) is -1.73. The SMILES string of the molecule is CN1CCOC(CS(=O)(=O)c2ccccc2F)C1.